The molecule has 1 unspecified atom stereocenters. The van der Waals surface area contributed by atoms with E-state index in [1.807, 2.05) is 6.92 Å². The Hall–Kier alpha value is -0.810. The van der Waals surface area contributed by atoms with Crippen LogP contribution in [0, 0.1) is 0 Å². The van der Waals surface area contributed by atoms with E-state index in [0.717, 1.165) is 6.42 Å². The van der Waals surface area contributed by atoms with Gasteiger partial charge in [-0.05, 0) is 6.42 Å². The highest BCUT2D eigenvalue weighted by Gasteiger charge is 2.23. The lowest BCUT2D eigenvalue weighted by molar-refractivity contribution is -0.0296. The van der Waals surface area contributed by atoms with Gasteiger partial charge in [-0.2, -0.15) is 0 Å². The summed E-state index contributed by atoms with van der Waals surface area (Å²) in [6.07, 6.45) is 0.648. The number of rotatable bonds is 3. The van der Waals surface area contributed by atoms with Crippen molar-refractivity contribution in [2.75, 3.05) is 32.9 Å². The Balaban J connectivity index is 2.31. The Kier molecular flexibility index (Phi) is 4.69. The molecule has 0 saturated carbocycles. The van der Waals surface area contributed by atoms with Crippen molar-refractivity contribution < 1.29 is 19.4 Å². The first kappa shape index (κ1) is 11.3. The second-order valence-corrected chi connectivity index (χ2v) is 3.19. The number of aliphatic hydroxyl groups excluding tert-OH is 1. The molecular formula is C9H17NO4. The lowest BCUT2D eigenvalue weighted by atomic mass is 10.2. The van der Waals surface area contributed by atoms with Crippen molar-refractivity contribution in [3.05, 3.63) is 0 Å². The third-order valence-electron chi connectivity index (χ3n) is 2.17. The van der Waals surface area contributed by atoms with Gasteiger partial charge < -0.3 is 19.5 Å². The summed E-state index contributed by atoms with van der Waals surface area (Å²) in [6.45, 7) is 3.67. The van der Waals surface area contributed by atoms with Crippen molar-refractivity contribution in [2.24, 2.45) is 0 Å². The third kappa shape index (κ3) is 3.16. The summed E-state index contributed by atoms with van der Waals surface area (Å²) in [5.41, 5.74) is 0. The van der Waals surface area contributed by atoms with Crippen molar-refractivity contribution in [3.8, 4) is 0 Å². The van der Waals surface area contributed by atoms with Crippen LogP contribution in [0.4, 0.5) is 4.79 Å². The summed E-state index contributed by atoms with van der Waals surface area (Å²) < 4.78 is 10.2. The van der Waals surface area contributed by atoms with Gasteiger partial charge in [-0.25, -0.2) is 4.79 Å². The lowest BCUT2D eigenvalue weighted by Gasteiger charge is -2.31. The van der Waals surface area contributed by atoms with Crippen LogP contribution in [0.3, 0.4) is 0 Å². The fourth-order valence-corrected chi connectivity index (χ4v) is 1.36. The molecule has 5 heteroatoms. The maximum atomic E-state index is 11.4. The summed E-state index contributed by atoms with van der Waals surface area (Å²) >= 11 is 0. The first-order valence-electron chi connectivity index (χ1n) is 4.92. The van der Waals surface area contributed by atoms with Gasteiger partial charge in [0.25, 0.3) is 0 Å². The van der Waals surface area contributed by atoms with Crippen molar-refractivity contribution in [2.45, 2.75) is 19.4 Å². The number of morpholine rings is 1. The number of amides is 1. The Morgan fingerprint density at radius 3 is 3.14 bits per heavy atom. The van der Waals surface area contributed by atoms with E-state index in [0.29, 0.717) is 19.7 Å². The molecule has 0 bridgehead atoms. The molecule has 5 nitrogen and oxygen atoms in total. The Bertz CT molecular complexity index is 186. The van der Waals surface area contributed by atoms with Crippen LogP contribution >= 0.6 is 0 Å². The molecule has 1 saturated heterocycles. The van der Waals surface area contributed by atoms with Crippen LogP contribution in [0.15, 0.2) is 0 Å². The summed E-state index contributed by atoms with van der Waals surface area (Å²) in [4.78, 5) is 13.0. The fourth-order valence-electron chi connectivity index (χ4n) is 1.36. The van der Waals surface area contributed by atoms with Crippen LogP contribution in [-0.4, -0.2) is 55.1 Å². The molecule has 1 aliphatic heterocycles. The zero-order valence-electron chi connectivity index (χ0n) is 8.44. The maximum absolute atomic E-state index is 11.4. The minimum atomic E-state index is -0.360. The van der Waals surface area contributed by atoms with Gasteiger partial charge in [-0.15, -0.1) is 0 Å². The Labute approximate surface area is 83.6 Å². The number of hydrogen-bond donors (Lipinski definition) is 1. The molecule has 0 radical (unpaired) electrons. The molecule has 1 heterocycles. The van der Waals surface area contributed by atoms with E-state index < -0.39 is 0 Å². The Morgan fingerprint density at radius 2 is 2.50 bits per heavy atom. The summed E-state index contributed by atoms with van der Waals surface area (Å²) in [6, 6.07) is 0. The van der Waals surface area contributed by atoms with E-state index >= 15 is 0 Å². The number of hydrogen-bond acceptors (Lipinski definition) is 4. The predicted molar refractivity (Wildman–Crippen MR) is 50.0 cm³/mol. The smallest absolute Gasteiger partial charge is 0.410 e. The molecule has 0 spiro atoms. The Morgan fingerprint density at radius 1 is 1.71 bits per heavy atom. The molecular weight excluding hydrogens is 186 g/mol. The molecule has 1 N–H and O–H groups in total. The monoisotopic (exact) mass is 203 g/mol. The zero-order chi connectivity index (χ0) is 10.4. The van der Waals surface area contributed by atoms with E-state index in [-0.39, 0.29) is 25.4 Å². The number of nitrogens with zero attached hydrogens (tertiary/aromatic N) is 1. The quantitative estimate of drug-likeness (QED) is 0.713. The van der Waals surface area contributed by atoms with E-state index in [1.54, 1.807) is 4.90 Å². The van der Waals surface area contributed by atoms with E-state index in [9.17, 15) is 4.79 Å². The molecule has 0 aromatic rings. The third-order valence-corrected chi connectivity index (χ3v) is 2.17. The lowest BCUT2D eigenvalue weighted by Crippen LogP contribution is -2.45. The zero-order valence-corrected chi connectivity index (χ0v) is 8.44. The highest BCUT2D eigenvalue weighted by molar-refractivity contribution is 5.67. The second kappa shape index (κ2) is 5.82. The van der Waals surface area contributed by atoms with Crippen LogP contribution < -0.4 is 0 Å². The second-order valence-electron chi connectivity index (χ2n) is 3.19. The van der Waals surface area contributed by atoms with Crippen molar-refractivity contribution in [3.63, 3.8) is 0 Å². The molecule has 1 fully saturated rings. The van der Waals surface area contributed by atoms with Gasteiger partial charge in [-0.1, -0.05) is 6.92 Å². The summed E-state index contributed by atoms with van der Waals surface area (Å²) in [5, 5.41) is 8.49. The van der Waals surface area contributed by atoms with E-state index in [1.165, 1.54) is 0 Å². The average molecular weight is 203 g/mol. The van der Waals surface area contributed by atoms with E-state index in [4.69, 9.17) is 14.6 Å². The number of carbonyl (C=O) groups is 1. The molecule has 82 valence electrons. The normalized spacial score (nSPS) is 22.1. The van der Waals surface area contributed by atoms with Gasteiger partial charge in [0.15, 0.2) is 0 Å². The number of aliphatic hydroxyl groups is 1. The number of carbonyl (C=O) groups excluding carboxylic acids is 1. The van der Waals surface area contributed by atoms with Crippen LogP contribution in [0.2, 0.25) is 0 Å². The van der Waals surface area contributed by atoms with Gasteiger partial charge >= 0.3 is 6.09 Å². The molecule has 0 aromatic carbocycles. The molecule has 14 heavy (non-hydrogen) atoms. The minimum Gasteiger partial charge on any atom is -0.447 e. The molecule has 1 aliphatic rings. The van der Waals surface area contributed by atoms with Crippen molar-refractivity contribution in [1.29, 1.82) is 0 Å². The van der Waals surface area contributed by atoms with Gasteiger partial charge in [0.05, 0.1) is 25.9 Å². The largest absolute Gasteiger partial charge is 0.447 e. The minimum absolute atomic E-state index is 0.0625. The first-order valence-corrected chi connectivity index (χ1v) is 4.92. The summed E-state index contributed by atoms with van der Waals surface area (Å²) in [5.74, 6) is 0. The molecule has 1 rings (SSSR count). The van der Waals surface area contributed by atoms with Gasteiger partial charge in [0, 0.05) is 6.54 Å². The predicted octanol–water partition coefficient (Wildman–Crippen LogP) is 0.226. The number of ether oxygens (including phenoxy) is 2. The molecule has 0 aliphatic carbocycles. The highest BCUT2D eigenvalue weighted by Crippen LogP contribution is 2.09. The maximum Gasteiger partial charge on any atom is 0.410 e. The topological polar surface area (TPSA) is 59.0 Å². The van der Waals surface area contributed by atoms with Gasteiger partial charge in [0.1, 0.15) is 6.61 Å². The SMILES string of the molecule is CCC1CN(C(=O)OCCO)CCO1. The average Bonchev–Trinajstić information content (AvgIpc) is 2.26. The molecule has 1 amide bonds. The van der Waals surface area contributed by atoms with Crippen LogP contribution in [-0.2, 0) is 9.47 Å². The van der Waals surface area contributed by atoms with Gasteiger partial charge in [0.2, 0.25) is 0 Å². The molecule has 1 atom stereocenters. The van der Waals surface area contributed by atoms with Crippen molar-refractivity contribution >= 4 is 6.09 Å². The summed E-state index contributed by atoms with van der Waals surface area (Å²) in [7, 11) is 0. The standard InChI is InChI=1S/C9H17NO4/c1-2-8-7-10(3-5-13-8)9(12)14-6-4-11/h8,11H,2-7H2,1H3. The van der Waals surface area contributed by atoms with Crippen LogP contribution in [0.5, 0.6) is 0 Å². The molecule has 0 aromatic heterocycles. The van der Waals surface area contributed by atoms with Gasteiger partial charge in [-0.3, -0.25) is 0 Å². The van der Waals surface area contributed by atoms with Crippen LogP contribution in [0.25, 0.3) is 0 Å². The van der Waals surface area contributed by atoms with Crippen molar-refractivity contribution in [1.82, 2.24) is 4.90 Å². The highest BCUT2D eigenvalue weighted by atomic mass is 16.6. The first-order chi connectivity index (χ1) is 6.77. The fraction of sp³-hybridized carbons (Fsp3) is 0.889. The van der Waals surface area contributed by atoms with E-state index in [2.05, 4.69) is 0 Å². The van der Waals surface area contributed by atoms with Crippen LogP contribution in [0.1, 0.15) is 13.3 Å².